The van der Waals surface area contributed by atoms with Crippen LogP contribution in [0.4, 0.5) is 5.82 Å². The van der Waals surface area contributed by atoms with Gasteiger partial charge in [-0.05, 0) is 34.5 Å². The summed E-state index contributed by atoms with van der Waals surface area (Å²) in [5, 5.41) is 0. The van der Waals surface area contributed by atoms with Crippen molar-refractivity contribution in [2.45, 2.75) is 13.3 Å². The van der Waals surface area contributed by atoms with E-state index in [4.69, 9.17) is 0 Å². The van der Waals surface area contributed by atoms with Gasteiger partial charge in [0.2, 0.25) is 0 Å². The van der Waals surface area contributed by atoms with Crippen LogP contribution in [0.2, 0.25) is 0 Å². The molecule has 0 N–H and O–H groups in total. The first kappa shape index (κ1) is 9.52. The number of halogens is 1. The molecular weight excluding hydrogens is 216 g/mol. The lowest BCUT2D eigenvalue weighted by Crippen LogP contribution is -2.18. The minimum absolute atomic E-state index is 1.02. The molecule has 0 aliphatic rings. The van der Waals surface area contributed by atoms with Crippen LogP contribution in [0.3, 0.4) is 0 Å². The molecular formula is C9H13BrN2. The summed E-state index contributed by atoms with van der Waals surface area (Å²) in [7, 11) is 2.06. The highest BCUT2D eigenvalue weighted by Crippen LogP contribution is 2.13. The van der Waals surface area contributed by atoms with E-state index in [0.717, 1.165) is 23.3 Å². The molecule has 0 unspecified atom stereocenters. The first-order valence-electron chi connectivity index (χ1n) is 4.06. The van der Waals surface area contributed by atoms with Crippen LogP contribution in [0.5, 0.6) is 0 Å². The lowest BCUT2D eigenvalue weighted by molar-refractivity contribution is 0.837. The number of aromatic nitrogens is 1. The molecule has 0 amide bonds. The van der Waals surface area contributed by atoms with Crippen molar-refractivity contribution >= 4 is 21.7 Å². The van der Waals surface area contributed by atoms with Crippen LogP contribution in [0, 0.1) is 0 Å². The maximum Gasteiger partial charge on any atom is 0.128 e. The highest BCUT2D eigenvalue weighted by Gasteiger charge is 1.98. The Kier molecular flexibility index (Phi) is 3.53. The van der Waals surface area contributed by atoms with E-state index in [2.05, 4.69) is 39.8 Å². The Morgan fingerprint density at radius 1 is 1.50 bits per heavy atom. The van der Waals surface area contributed by atoms with Crippen LogP contribution in [-0.2, 0) is 0 Å². The lowest BCUT2D eigenvalue weighted by Gasteiger charge is -2.16. The Labute approximate surface area is 81.7 Å². The van der Waals surface area contributed by atoms with Crippen molar-refractivity contribution in [1.29, 1.82) is 0 Å². The van der Waals surface area contributed by atoms with Crippen LogP contribution < -0.4 is 4.90 Å². The molecule has 0 aliphatic heterocycles. The minimum atomic E-state index is 1.02. The topological polar surface area (TPSA) is 16.1 Å². The Hall–Kier alpha value is -0.570. The Morgan fingerprint density at radius 3 is 2.75 bits per heavy atom. The van der Waals surface area contributed by atoms with Crippen molar-refractivity contribution in [2.24, 2.45) is 0 Å². The van der Waals surface area contributed by atoms with Crippen molar-refractivity contribution in [3.05, 3.63) is 22.8 Å². The highest BCUT2D eigenvalue weighted by atomic mass is 79.9. The summed E-state index contributed by atoms with van der Waals surface area (Å²) < 4.78 is 1.02. The van der Waals surface area contributed by atoms with Crippen LogP contribution in [0.1, 0.15) is 13.3 Å². The molecule has 0 aliphatic carbocycles. The molecule has 66 valence electrons. The van der Waals surface area contributed by atoms with Gasteiger partial charge in [0.15, 0.2) is 0 Å². The molecule has 0 bridgehead atoms. The van der Waals surface area contributed by atoms with Crippen molar-refractivity contribution < 1.29 is 0 Å². The predicted octanol–water partition coefficient (Wildman–Crippen LogP) is 2.69. The van der Waals surface area contributed by atoms with E-state index in [1.807, 2.05) is 18.3 Å². The van der Waals surface area contributed by atoms with Gasteiger partial charge in [-0.1, -0.05) is 6.92 Å². The van der Waals surface area contributed by atoms with Crippen molar-refractivity contribution in [3.8, 4) is 0 Å². The largest absolute Gasteiger partial charge is 0.360 e. The normalized spacial score (nSPS) is 9.92. The molecule has 0 saturated heterocycles. The Balaban J connectivity index is 2.68. The first-order chi connectivity index (χ1) is 5.74. The molecule has 1 rings (SSSR count). The maximum absolute atomic E-state index is 4.28. The molecule has 0 saturated carbocycles. The molecule has 2 nitrogen and oxygen atoms in total. The Bertz CT molecular complexity index is 233. The van der Waals surface area contributed by atoms with Gasteiger partial charge in [0, 0.05) is 24.3 Å². The fraction of sp³-hybridized carbons (Fsp3) is 0.444. The molecule has 0 aromatic carbocycles. The zero-order valence-corrected chi connectivity index (χ0v) is 9.00. The summed E-state index contributed by atoms with van der Waals surface area (Å²) >= 11 is 3.35. The van der Waals surface area contributed by atoms with E-state index < -0.39 is 0 Å². The van der Waals surface area contributed by atoms with Gasteiger partial charge >= 0.3 is 0 Å². The van der Waals surface area contributed by atoms with E-state index in [9.17, 15) is 0 Å². The molecule has 1 aromatic rings. The molecule has 0 fully saturated rings. The lowest BCUT2D eigenvalue weighted by atomic mass is 10.4. The standard InChI is InChI=1S/C9H13BrN2/c1-3-6-12(2)9-5-4-8(10)7-11-9/h4-5,7H,3,6H2,1-2H3. The smallest absolute Gasteiger partial charge is 0.128 e. The van der Waals surface area contributed by atoms with Crippen molar-refractivity contribution in [1.82, 2.24) is 4.98 Å². The van der Waals surface area contributed by atoms with E-state index in [-0.39, 0.29) is 0 Å². The molecule has 0 atom stereocenters. The molecule has 12 heavy (non-hydrogen) atoms. The van der Waals surface area contributed by atoms with Gasteiger partial charge in [-0.15, -0.1) is 0 Å². The number of anilines is 1. The van der Waals surface area contributed by atoms with E-state index in [0.29, 0.717) is 0 Å². The third-order valence-corrected chi connectivity index (χ3v) is 2.13. The maximum atomic E-state index is 4.28. The molecule has 3 heteroatoms. The second-order valence-electron chi connectivity index (χ2n) is 2.76. The minimum Gasteiger partial charge on any atom is -0.360 e. The monoisotopic (exact) mass is 228 g/mol. The highest BCUT2D eigenvalue weighted by molar-refractivity contribution is 9.10. The zero-order chi connectivity index (χ0) is 8.97. The van der Waals surface area contributed by atoms with Gasteiger partial charge in [-0.3, -0.25) is 0 Å². The second-order valence-corrected chi connectivity index (χ2v) is 3.67. The third-order valence-electron chi connectivity index (χ3n) is 1.66. The number of hydrogen-bond donors (Lipinski definition) is 0. The fourth-order valence-electron chi connectivity index (χ4n) is 1.04. The van der Waals surface area contributed by atoms with Crippen LogP contribution in [0.25, 0.3) is 0 Å². The van der Waals surface area contributed by atoms with Gasteiger partial charge in [0.25, 0.3) is 0 Å². The summed E-state index contributed by atoms with van der Waals surface area (Å²) in [6.07, 6.45) is 2.97. The average Bonchev–Trinajstić information content (AvgIpc) is 2.06. The zero-order valence-electron chi connectivity index (χ0n) is 7.42. The Morgan fingerprint density at radius 2 is 2.25 bits per heavy atom. The number of nitrogens with zero attached hydrogens (tertiary/aromatic N) is 2. The van der Waals surface area contributed by atoms with Gasteiger partial charge in [-0.25, -0.2) is 4.98 Å². The summed E-state index contributed by atoms with van der Waals surface area (Å²) in [5.74, 6) is 1.03. The van der Waals surface area contributed by atoms with Crippen molar-refractivity contribution in [3.63, 3.8) is 0 Å². The van der Waals surface area contributed by atoms with E-state index >= 15 is 0 Å². The molecule has 0 radical (unpaired) electrons. The number of rotatable bonds is 3. The fourth-order valence-corrected chi connectivity index (χ4v) is 1.28. The van der Waals surface area contributed by atoms with Crippen LogP contribution >= 0.6 is 15.9 Å². The summed E-state index contributed by atoms with van der Waals surface area (Å²) in [6, 6.07) is 4.02. The predicted molar refractivity (Wildman–Crippen MR) is 55.5 cm³/mol. The van der Waals surface area contributed by atoms with E-state index in [1.54, 1.807) is 0 Å². The summed E-state index contributed by atoms with van der Waals surface area (Å²) in [6.45, 7) is 3.21. The molecule has 0 spiro atoms. The van der Waals surface area contributed by atoms with Gasteiger partial charge < -0.3 is 4.90 Å². The average molecular weight is 229 g/mol. The van der Waals surface area contributed by atoms with Crippen molar-refractivity contribution in [2.75, 3.05) is 18.5 Å². The second kappa shape index (κ2) is 4.45. The number of pyridine rings is 1. The van der Waals surface area contributed by atoms with Gasteiger partial charge in [-0.2, -0.15) is 0 Å². The molecule has 1 aromatic heterocycles. The first-order valence-corrected chi connectivity index (χ1v) is 4.86. The summed E-state index contributed by atoms with van der Waals surface area (Å²) in [5.41, 5.74) is 0. The van der Waals surface area contributed by atoms with Gasteiger partial charge in [0.05, 0.1) is 0 Å². The third kappa shape index (κ3) is 2.48. The SMILES string of the molecule is CCCN(C)c1ccc(Br)cn1. The summed E-state index contributed by atoms with van der Waals surface area (Å²) in [4.78, 5) is 6.42. The molecule has 1 heterocycles. The quantitative estimate of drug-likeness (QED) is 0.792. The number of hydrogen-bond acceptors (Lipinski definition) is 2. The van der Waals surface area contributed by atoms with E-state index in [1.165, 1.54) is 0 Å². The van der Waals surface area contributed by atoms with Crippen LogP contribution in [0.15, 0.2) is 22.8 Å². The van der Waals surface area contributed by atoms with Gasteiger partial charge in [0.1, 0.15) is 5.82 Å². The van der Waals surface area contributed by atoms with Crippen LogP contribution in [-0.4, -0.2) is 18.6 Å².